The first-order valence-corrected chi connectivity index (χ1v) is 2.39. The van der Waals surface area contributed by atoms with E-state index in [1.807, 2.05) is 13.8 Å². The van der Waals surface area contributed by atoms with Crippen molar-refractivity contribution in [3.8, 4) is 12.3 Å². The summed E-state index contributed by atoms with van der Waals surface area (Å²) in [5, 5.41) is 0. The molecule has 0 aliphatic heterocycles. The van der Waals surface area contributed by atoms with Gasteiger partial charge in [0.25, 0.3) is 0 Å². The van der Waals surface area contributed by atoms with Crippen LogP contribution in [0, 0.1) is 24.7 Å². The molecule has 0 aromatic rings. The molecule has 0 aromatic heterocycles. The third kappa shape index (κ3) is 2.28. The Hall–Kier alpha value is -0.440. The van der Waals surface area contributed by atoms with Gasteiger partial charge in [-0.3, -0.25) is 0 Å². The van der Waals surface area contributed by atoms with Crippen molar-refractivity contribution in [2.45, 2.75) is 20.3 Å². The predicted molar refractivity (Wildman–Crippen MR) is 32.6 cm³/mol. The average molecular weight is 95.2 g/mol. The highest BCUT2D eigenvalue weighted by molar-refractivity contribution is 5.00. The fourth-order valence-corrected chi connectivity index (χ4v) is 0.0722. The van der Waals surface area contributed by atoms with Gasteiger partial charge in [-0.2, -0.15) is 0 Å². The van der Waals surface area contributed by atoms with Gasteiger partial charge in [-0.15, -0.1) is 12.3 Å². The molecule has 0 rings (SSSR count). The third-order valence-electron chi connectivity index (χ3n) is 1.02. The van der Waals surface area contributed by atoms with Crippen molar-refractivity contribution in [3.63, 3.8) is 0 Å². The van der Waals surface area contributed by atoms with Crippen LogP contribution in [-0.2, 0) is 0 Å². The van der Waals surface area contributed by atoms with E-state index in [2.05, 4.69) is 12.8 Å². The van der Waals surface area contributed by atoms with Crippen LogP contribution in [0.5, 0.6) is 0 Å². The smallest absolute Gasteiger partial charge is 0.0255 e. The van der Waals surface area contributed by atoms with E-state index in [9.17, 15) is 0 Å². The maximum atomic E-state index is 5.13. The average Bonchev–Trinajstić information content (AvgIpc) is 1.68. The molecule has 1 radical (unpaired) electrons. The molecular weight excluding hydrogens is 84.1 g/mol. The van der Waals surface area contributed by atoms with Crippen LogP contribution in [0.15, 0.2) is 0 Å². The molecule has 0 amide bonds. The molecule has 39 valence electrons. The molecule has 0 heteroatoms. The summed E-state index contributed by atoms with van der Waals surface area (Å²) in [5.41, 5.74) is 0. The van der Waals surface area contributed by atoms with E-state index < -0.39 is 0 Å². The summed E-state index contributed by atoms with van der Waals surface area (Å²) >= 11 is 0. The monoisotopic (exact) mass is 95.1 g/mol. The minimum atomic E-state index is 0. The highest BCUT2D eigenvalue weighted by Gasteiger charge is 2.08. The van der Waals surface area contributed by atoms with Gasteiger partial charge in [-0.1, -0.05) is 6.92 Å². The van der Waals surface area contributed by atoms with Gasteiger partial charge in [0.15, 0.2) is 0 Å². The molecule has 0 saturated carbocycles. The standard InChI is InChI=1S/C7H11/c1-5-7(3,4)6-2/h1H,2,6H2,3-4H3. The minimum Gasteiger partial charge on any atom is -0.120 e. The second-order valence-corrected chi connectivity index (χ2v) is 2.28. The van der Waals surface area contributed by atoms with E-state index in [1.54, 1.807) is 0 Å². The number of hydrogen-bond donors (Lipinski definition) is 0. The predicted octanol–water partition coefficient (Wildman–Crippen LogP) is 1.87. The zero-order chi connectivity index (χ0) is 5.91. The molecule has 0 N–H and O–H groups in total. The number of hydrogen-bond acceptors (Lipinski definition) is 0. The Bertz CT molecular complexity index is 82.7. The van der Waals surface area contributed by atoms with Crippen LogP contribution in [0.3, 0.4) is 0 Å². The highest BCUT2D eigenvalue weighted by Crippen LogP contribution is 2.15. The topological polar surface area (TPSA) is 0 Å². The molecule has 0 aliphatic carbocycles. The molecule has 7 heavy (non-hydrogen) atoms. The lowest BCUT2D eigenvalue weighted by Crippen LogP contribution is -2.03. The van der Waals surface area contributed by atoms with Gasteiger partial charge >= 0.3 is 0 Å². The van der Waals surface area contributed by atoms with Gasteiger partial charge in [0, 0.05) is 5.41 Å². The molecule has 0 heterocycles. The lowest BCUT2D eigenvalue weighted by Gasteiger charge is -2.11. The first-order chi connectivity index (χ1) is 3.12. The molecule has 0 spiro atoms. The Morgan fingerprint density at radius 2 is 2.14 bits per heavy atom. The summed E-state index contributed by atoms with van der Waals surface area (Å²) in [4.78, 5) is 0. The third-order valence-corrected chi connectivity index (χ3v) is 1.02. The molecule has 0 nitrogen and oxygen atoms in total. The van der Waals surface area contributed by atoms with Gasteiger partial charge < -0.3 is 0 Å². The van der Waals surface area contributed by atoms with E-state index in [-0.39, 0.29) is 5.41 Å². The van der Waals surface area contributed by atoms with Crippen LogP contribution in [0.25, 0.3) is 0 Å². The first-order valence-electron chi connectivity index (χ1n) is 2.39. The summed E-state index contributed by atoms with van der Waals surface area (Å²) < 4.78 is 0. The van der Waals surface area contributed by atoms with Gasteiger partial charge in [0.05, 0.1) is 0 Å². The highest BCUT2D eigenvalue weighted by atomic mass is 14.1. The molecule has 0 atom stereocenters. The molecule has 0 aromatic carbocycles. The van der Waals surface area contributed by atoms with Crippen molar-refractivity contribution in [3.05, 3.63) is 6.92 Å². The maximum Gasteiger partial charge on any atom is 0.0255 e. The SMILES string of the molecule is C#CC(C)(C)C[CH2]. The van der Waals surface area contributed by atoms with E-state index >= 15 is 0 Å². The lowest BCUT2D eigenvalue weighted by atomic mass is 9.92. The second kappa shape index (κ2) is 2.02. The Kier molecular flexibility index (Phi) is 1.90. The van der Waals surface area contributed by atoms with Crippen molar-refractivity contribution in [1.29, 1.82) is 0 Å². The molecular formula is C7H11. The summed E-state index contributed by atoms with van der Waals surface area (Å²) in [6.45, 7) is 7.69. The normalized spacial score (nSPS) is 10.6. The van der Waals surface area contributed by atoms with Gasteiger partial charge in [-0.25, -0.2) is 0 Å². The fourth-order valence-electron chi connectivity index (χ4n) is 0.0722. The summed E-state index contributed by atoms with van der Waals surface area (Å²) in [6, 6.07) is 0. The summed E-state index contributed by atoms with van der Waals surface area (Å²) in [7, 11) is 0. The zero-order valence-electron chi connectivity index (χ0n) is 4.99. The lowest BCUT2D eigenvalue weighted by molar-refractivity contribution is 0.511. The van der Waals surface area contributed by atoms with Crippen molar-refractivity contribution in [2.24, 2.45) is 5.41 Å². The van der Waals surface area contributed by atoms with E-state index in [4.69, 9.17) is 6.42 Å². The molecule has 0 aliphatic rings. The maximum absolute atomic E-state index is 5.13. The van der Waals surface area contributed by atoms with Gasteiger partial charge in [-0.05, 0) is 20.3 Å². The van der Waals surface area contributed by atoms with Gasteiger partial charge in [0.1, 0.15) is 0 Å². The summed E-state index contributed by atoms with van der Waals surface area (Å²) in [6.07, 6.45) is 5.94. The summed E-state index contributed by atoms with van der Waals surface area (Å²) in [5.74, 6) is 2.63. The van der Waals surface area contributed by atoms with E-state index in [0.717, 1.165) is 6.42 Å². The molecule has 0 fully saturated rings. The van der Waals surface area contributed by atoms with E-state index in [1.165, 1.54) is 0 Å². The first kappa shape index (κ1) is 6.56. The Labute approximate surface area is 45.9 Å². The number of terminal acetylenes is 1. The van der Waals surface area contributed by atoms with Crippen LogP contribution in [-0.4, -0.2) is 0 Å². The molecule has 0 bridgehead atoms. The van der Waals surface area contributed by atoms with E-state index in [0.29, 0.717) is 0 Å². The molecule has 0 unspecified atom stereocenters. The Balaban J connectivity index is 3.66. The Morgan fingerprint density at radius 3 is 2.14 bits per heavy atom. The van der Waals surface area contributed by atoms with Crippen LogP contribution >= 0.6 is 0 Å². The van der Waals surface area contributed by atoms with Crippen LogP contribution < -0.4 is 0 Å². The quantitative estimate of drug-likeness (QED) is 0.436. The Morgan fingerprint density at radius 1 is 1.71 bits per heavy atom. The van der Waals surface area contributed by atoms with Crippen LogP contribution in [0.4, 0.5) is 0 Å². The van der Waals surface area contributed by atoms with Crippen LogP contribution in [0.1, 0.15) is 20.3 Å². The van der Waals surface area contributed by atoms with Crippen molar-refractivity contribution >= 4 is 0 Å². The van der Waals surface area contributed by atoms with Crippen LogP contribution in [0.2, 0.25) is 0 Å². The van der Waals surface area contributed by atoms with Crippen molar-refractivity contribution < 1.29 is 0 Å². The number of rotatable bonds is 1. The van der Waals surface area contributed by atoms with Crippen molar-refractivity contribution in [2.75, 3.05) is 0 Å². The molecule has 0 saturated heterocycles. The van der Waals surface area contributed by atoms with Gasteiger partial charge in [0.2, 0.25) is 0 Å². The second-order valence-electron chi connectivity index (χ2n) is 2.28. The fraction of sp³-hybridized carbons (Fsp3) is 0.571. The minimum absolute atomic E-state index is 0. The largest absolute Gasteiger partial charge is 0.120 e. The van der Waals surface area contributed by atoms with Crippen molar-refractivity contribution in [1.82, 2.24) is 0 Å². The zero-order valence-corrected chi connectivity index (χ0v) is 4.99.